The molecule has 1 fully saturated rings. The fourth-order valence-electron chi connectivity index (χ4n) is 1.77. The van der Waals surface area contributed by atoms with Gasteiger partial charge in [-0.05, 0) is 24.3 Å². The smallest absolute Gasteiger partial charge is 0.245 e. The van der Waals surface area contributed by atoms with Crippen molar-refractivity contribution < 1.29 is 14.3 Å². The van der Waals surface area contributed by atoms with Crippen LogP contribution in [0.2, 0.25) is 0 Å². The summed E-state index contributed by atoms with van der Waals surface area (Å²) in [6.07, 6.45) is 0. The molecule has 16 heavy (non-hydrogen) atoms. The zero-order valence-corrected chi connectivity index (χ0v) is 9.19. The number of carbonyl (C=O) groups excluding carboxylic acids is 1. The lowest BCUT2D eigenvalue weighted by Crippen LogP contribution is -2.27. The van der Waals surface area contributed by atoms with Crippen molar-refractivity contribution in [3.63, 3.8) is 0 Å². The van der Waals surface area contributed by atoms with Gasteiger partial charge in [0.1, 0.15) is 11.2 Å². The molecule has 86 valence electrons. The van der Waals surface area contributed by atoms with Crippen LogP contribution >= 0.6 is 11.6 Å². The maximum Gasteiger partial charge on any atom is 0.245 e. The first-order valence-electron chi connectivity index (χ1n) is 4.95. The van der Waals surface area contributed by atoms with Gasteiger partial charge < -0.3 is 10.0 Å². The van der Waals surface area contributed by atoms with Crippen LogP contribution in [0, 0.1) is 11.7 Å². The van der Waals surface area contributed by atoms with Crippen LogP contribution in [0.25, 0.3) is 0 Å². The highest BCUT2D eigenvalue weighted by molar-refractivity contribution is 6.34. The lowest BCUT2D eigenvalue weighted by molar-refractivity contribution is -0.117. The van der Waals surface area contributed by atoms with E-state index in [1.165, 1.54) is 29.2 Å². The van der Waals surface area contributed by atoms with Crippen molar-refractivity contribution in [2.24, 2.45) is 5.92 Å². The first-order valence-corrected chi connectivity index (χ1v) is 5.39. The van der Waals surface area contributed by atoms with Gasteiger partial charge in [0.15, 0.2) is 0 Å². The minimum Gasteiger partial charge on any atom is -0.396 e. The first kappa shape index (κ1) is 11.4. The average molecular weight is 244 g/mol. The number of amides is 1. The molecule has 3 nitrogen and oxygen atoms in total. The van der Waals surface area contributed by atoms with Crippen LogP contribution in [-0.2, 0) is 4.79 Å². The summed E-state index contributed by atoms with van der Waals surface area (Å²) in [6, 6.07) is 5.63. The molecule has 0 bridgehead atoms. The van der Waals surface area contributed by atoms with Gasteiger partial charge in [-0.25, -0.2) is 4.39 Å². The van der Waals surface area contributed by atoms with E-state index in [-0.39, 0.29) is 24.2 Å². The number of anilines is 1. The van der Waals surface area contributed by atoms with Crippen molar-refractivity contribution in [2.45, 2.75) is 5.38 Å². The second kappa shape index (κ2) is 4.39. The van der Waals surface area contributed by atoms with Gasteiger partial charge in [-0.1, -0.05) is 0 Å². The van der Waals surface area contributed by atoms with Crippen molar-refractivity contribution in [1.29, 1.82) is 0 Å². The van der Waals surface area contributed by atoms with Gasteiger partial charge in [0.05, 0.1) is 0 Å². The lowest BCUT2D eigenvalue weighted by Gasteiger charge is -2.15. The number of rotatable bonds is 2. The molecule has 2 rings (SSSR count). The molecule has 1 aromatic rings. The molecular formula is C11H11ClFNO2. The predicted molar refractivity (Wildman–Crippen MR) is 59.0 cm³/mol. The highest BCUT2D eigenvalue weighted by Crippen LogP contribution is 2.28. The van der Waals surface area contributed by atoms with Gasteiger partial charge in [-0.3, -0.25) is 4.79 Å². The van der Waals surface area contributed by atoms with Crippen molar-refractivity contribution in [3.05, 3.63) is 30.1 Å². The van der Waals surface area contributed by atoms with E-state index in [2.05, 4.69) is 0 Å². The predicted octanol–water partition coefficient (Wildman–Crippen LogP) is 1.39. The molecule has 0 unspecified atom stereocenters. The third-order valence-corrected chi connectivity index (χ3v) is 3.25. The van der Waals surface area contributed by atoms with E-state index in [0.717, 1.165) is 0 Å². The molecule has 1 saturated heterocycles. The maximum atomic E-state index is 12.7. The fourth-order valence-corrected chi connectivity index (χ4v) is 2.05. The fraction of sp³-hybridized carbons (Fsp3) is 0.364. The maximum absolute atomic E-state index is 12.7. The van der Waals surface area contributed by atoms with Gasteiger partial charge in [0.2, 0.25) is 5.91 Å². The van der Waals surface area contributed by atoms with Crippen LogP contribution in [0.4, 0.5) is 10.1 Å². The van der Waals surface area contributed by atoms with Crippen LogP contribution in [0.3, 0.4) is 0 Å². The molecule has 5 heteroatoms. The number of nitrogens with zero attached hydrogens (tertiary/aromatic N) is 1. The lowest BCUT2D eigenvalue weighted by atomic mass is 10.1. The monoisotopic (exact) mass is 243 g/mol. The van der Waals surface area contributed by atoms with E-state index in [9.17, 15) is 9.18 Å². The molecule has 1 heterocycles. The molecule has 0 aromatic heterocycles. The van der Waals surface area contributed by atoms with Crippen molar-refractivity contribution in [3.8, 4) is 0 Å². The first-order chi connectivity index (χ1) is 7.63. The Kier molecular flexibility index (Phi) is 3.12. The number of carbonyl (C=O) groups is 1. The normalized spacial score (nSPS) is 25.2. The summed E-state index contributed by atoms with van der Waals surface area (Å²) >= 11 is 5.88. The van der Waals surface area contributed by atoms with Gasteiger partial charge in [-0.2, -0.15) is 0 Å². The molecular weight excluding hydrogens is 233 g/mol. The SMILES string of the molecule is O=C1[C@@H](Cl)[C@H](CO)CN1c1ccc(F)cc1. The van der Waals surface area contributed by atoms with E-state index in [1.54, 1.807) is 0 Å². The third-order valence-electron chi connectivity index (χ3n) is 2.71. The zero-order valence-electron chi connectivity index (χ0n) is 8.44. The molecule has 1 amide bonds. The molecule has 1 aliphatic rings. The van der Waals surface area contributed by atoms with Gasteiger partial charge in [-0.15, -0.1) is 11.6 Å². The van der Waals surface area contributed by atoms with E-state index in [4.69, 9.17) is 16.7 Å². The van der Waals surface area contributed by atoms with E-state index < -0.39 is 5.38 Å². The van der Waals surface area contributed by atoms with Crippen LogP contribution in [0.15, 0.2) is 24.3 Å². The number of aliphatic hydroxyl groups is 1. The van der Waals surface area contributed by atoms with Crippen molar-refractivity contribution in [1.82, 2.24) is 0 Å². The summed E-state index contributed by atoms with van der Waals surface area (Å²) in [4.78, 5) is 13.2. The Hall–Kier alpha value is -1.13. The molecule has 2 atom stereocenters. The van der Waals surface area contributed by atoms with Gasteiger partial charge >= 0.3 is 0 Å². The number of benzene rings is 1. The molecule has 0 saturated carbocycles. The molecule has 1 N–H and O–H groups in total. The van der Waals surface area contributed by atoms with Gasteiger partial charge in [0, 0.05) is 24.8 Å². The zero-order chi connectivity index (χ0) is 11.7. The molecule has 1 aliphatic heterocycles. The summed E-state index contributed by atoms with van der Waals surface area (Å²) in [5, 5.41) is 8.34. The van der Waals surface area contributed by atoms with Crippen LogP contribution in [-0.4, -0.2) is 29.5 Å². The standard InChI is InChI=1S/C11H11ClFNO2/c12-10-7(6-15)5-14(11(10)16)9-3-1-8(13)2-4-9/h1-4,7,10,15H,5-6H2/t7-,10-/m0/s1. The Morgan fingerprint density at radius 3 is 2.56 bits per heavy atom. The Morgan fingerprint density at radius 2 is 2.06 bits per heavy atom. The largest absolute Gasteiger partial charge is 0.396 e. The minimum atomic E-state index is -0.699. The quantitative estimate of drug-likeness (QED) is 0.798. The summed E-state index contributed by atoms with van der Waals surface area (Å²) < 4.78 is 12.7. The Morgan fingerprint density at radius 1 is 1.44 bits per heavy atom. The number of hydrogen-bond acceptors (Lipinski definition) is 2. The highest BCUT2D eigenvalue weighted by atomic mass is 35.5. The third kappa shape index (κ3) is 1.90. The van der Waals surface area contributed by atoms with E-state index >= 15 is 0 Å². The molecule has 0 aliphatic carbocycles. The van der Waals surface area contributed by atoms with Crippen LogP contribution in [0.1, 0.15) is 0 Å². The second-order valence-corrected chi connectivity index (χ2v) is 4.24. The number of hydrogen-bond donors (Lipinski definition) is 1. The average Bonchev–Trinajstić information content (AvgIpc) is 2.57. The van der Waals surface area contributed by atoms with Crippen molar-refractivity contribution in [2.75, 3.05) is 18.1 Å². The highest BCUT2D eigenvalue weighted by Gasteiger charge is 2.39. The van der Waals surface area contributed by atoms with E-state index in [0.29, 0.717) is 12.2 Å². The number of alkyl halides is 1. The summed E-state index contributed by atoms with van der Waals surface area (Å²) in [5.74, 6) is -0.858. The number of aliphatic hydroxyl groups excluding tert-OH is 1. The van der Waals surface area contributed by atoms with Crippen molar-refractivity contribution >= 4 is 23.2 Å². The Bertz CT molecular complexity index is 395. The van der Waals surface area contributed by atoms with Gasteiger partial charge in [0.25, 0.3) is 0 Å². The summed E-state index contributed by atoms with van der Waals surface area (Å²) in [5.41, 5.74) is 0.605. The minimum absolute atomic E-state index is 0.127. The second-order valence-electron chi connectivity index (χ2n) is 3.77. The summed E-state index contributed by atoms with van der Waals surface area (Å²) in [7, 11) is 0. The number of halogens is 2. The molecule has 0 radical (unpaired) electrons. The topological polar surface area (TPSA) is 40.5 Å². The van der Waals surface area contributed by atoms with E-state index in [1.807, 2.05) is 0 Å². The van der Waals surface area contributed by atoms with Crippen LogP contribution < -0.4 is 4.90 Å². The Labute approximate surface area is 97.4 Å². The molecule has 1 aromatic carbocycles. The molecule has 0 spiro atoms. The Balaban J connectivity index is 2.23. The van der Waals surface area contributed by atoms with Crippen LogP contribution in [0.5, 0.6) is 0 Å². The summed E-state index contributed by atoms with van der Waals surface area (Å²) in [6.45, 7) is 0.243.